The van der Waals surface area contributed by atoms with Crippen LogP contribution in [-0.2, 0) is 28.4 Å². The molecule has 0 fully saturated rings. The number of allylic oxidation sites excluding steroid dienone is 5. The maximum atomic E-state index is 11.6. The molecule has 0 N–H and O–H groups in total. The number of carbonyl (C=O) groups is 1. The topological polar surface area (TPSA) is 52.1 Å². The Labute approximate surface area is 150 Å². The number of fused-ring (bicyclic) bond motifs is 1. The first-order valence-corrected chi connectivity index (χ1v) is 8.30. The summed E-state index contributed by atoms with van der Waals surface area (Å²) in [6, 6.07) is 5.62. The Kier molecular flexibility index (Phi) is 6.57. The zero-order valence-corrected chi connectivity index (χ0v) is 15.2. The Morgan fingerprint density at radius 3 is 2.65 bits per heavy atom. The second-order valence-electron chi connectivity index (χ2n) is 4.45. The first-order valence-electron chi connectivity index (χ1n) is 6.68. The van der Waals surface area contributed by atoms with Crippen molar-refractivity contribution in [3.05, 3.63) is 66.0 Å². The van der Waals surface area contributed by atoms with Crippen molar-refractivity contribution in [3.63, 3.8) is 0 Å². The molecule has 0 aliphatic carbocycles. The van der Waals surface area contributed by atoms with E-state index in [-0.39, 0.29) is 0 Å². The molecule has 0 amide bonds. The van der Waals surface area contributed by atoms with E-state index in [1.165, 1.54) is 6.08 Å². The van der Waals surface area contributed by atoms with Crippen molar-refractivity contribution in [2.45, 2.75) is 6.92 Å². The van der Waals surface area contributed by atoms with Gasteiger partial charge in [0.25, 0.3) is 0 Å². The molecule has 0 radical (unpaired) electrons. The summed E-state index contributed by atoms with van der Waals surface area (Å²) >= 11 is 7.28. The van der Waals surface area contributed by atoms with Crippen LogP contribution in [0, 0.1) is 0 Å². The van der Waals surface area contributed by atoms with E-state index in [2.05, 4.69) is 33.6 Å². The molecule has 0 saturated carbocycles. The standard InChI is InChI=1S/C17H13ClN2O2.Pt/c1-3-4-5-12(2)14(11-17(21)22-18)13-6-7-15-16(10-13)20-9-8-19-15;/h2-11H,1H3;/b4-3-,12-5+,14-11?;. The van der Waals surface area contributed by atoms with Crippen LogP contribution in [0.1, 0.15) is 12.5 Å². The van der Waals surface area contributed by atoms with Crippen molar-refractivity contribution in [3.8, 4) is 0 Å². The molecule has 2 rings (SSSR count). The molecular weight excluding hydrogens is 495 g/mol. The summed E-state index contributed by atoms with van der Waals surface area (Å²) in [7, 11) is 0. The Morgan fingerprint density at radius 2 is 2.00 bits per heavy atom. The Morgan fingerprint density at radius 1 is 1.26 bits per heavy atom. The summed E-state index contributed by atoms with van der Waals surface area (Å²) in [4.78, 5) is 20.2. The summed E-state index contributed by atoms with van der Waals surface area (Å²) in [5.41, 5.74) is 3.90. The van der Waals surface area contributed by atoms with E-state index >= 15 is 0 Å². The van der Waals surface area contributed by atoms with Crippen molar-refractivity contribution in [1.29, 1.82) is 0 Å². The number of hydrogen-bond acceptors (Lipinski definition) is 4. The molecule has 23 heavy (non-hydrogen) atoms. The van der Waals surface area contributed by atoms with Crippen LogP contribution < -0.4 is 0 Å². The number of benzene rings is 1. The first kappa shape index (κ1) is 17.5. The van der Waals surface area contributed by atoms with Gasteiger partial charge in [-0.25, -0.2) is 0 Å². The van der Waals surface area contributed by atoms with Crippen molar-refractivity contribution in [1.82, 2.24) is 9.97 Å². The predicted octanol–water partition coefficient (Wildman–Crippen LogP) is 3.56. The number of hydrogen-bond donors (Lipinski definition) is 0. The maximum absolute atomic E-state index is 11.6. The van der Waals surface area contributed by atoms with Gasteiger partial charge in [0.05, 0.1) is 0 Å². The molecule has 2 aromatic rings. The minimum absolute atomic E-state index is 0.634. The van der Waals surface area contributed by atoms with E-state index in [0.717, 1.165) is 22.2 Å². The number of rotatable bonds is 5. The molecule has 0 aliphatic rings. The molecule has 0 saturated heterocycles. The molecule has 0 aliphatic heterocycles. The zero-order chi connectivity index (χ0) is 16.7. The summed E-state index contributed by atoms with van der Waals surface area (Å²) in [6.07, 6.45) is 10.3. The van der Waals surface area contributed by atoms with Crippen molar-refractivity contribution >= 4 is 38.8 Å². The van der Waals surface area contributed by atoms with Gasteiger partial charge in [-0.05, 0) is 0 Å². The van der Waals surface area contributed by atoms with E-state index in [4.69, 9.17) is 11.9 Å². The third-order valence-corrected chi connectivity index (χ3v) is 3.85. The monoisotopic (exact) mass is 507 g/mol. The number of halogens is 1. The third kappa shape index (κ3) is 4.54. The van der Waals surface area contributed by atoms with E-state index in [0.29, 0.717) is 5.57 Å². The van der Waals surface area contributed by atoms with E-state index < -0.39 is 5.97 Å². The molecule has 1 heterocycles. The quantitative estimate of drug-likeness (QED) is 0.459. The van der Waals surface area contributed by atoms with E-state index in [1.807, 2.05) is 47.8 Å². The van der Waals surface area contributed by atoms with Crippen LogP contribution in [-0.4, -0.2) is 20.3 Å². The normalized spacial score (nSPS) is 12.7. The average molecular weight is 508 g/mol. The van der Waals surface area contributed by atoms with Gasteiger partial charge in [0.15, 0.2) is 0 Å². The van der Waals surface area contributed by atoms with Crippen LogP contribution in [0.2, 0.25) is 0 Å². The molecule has 0 spiro atoms. The van der Waals surface area contributed by atoms with Gasteiger partial charge in [-0.15, -0.1) is 0 Å². The Bertz CT molecular complexity index is 828. The molecule has 0 unspecified atom stereocenters. The molecule has 0 atom stereocenters. The van der Waals surface area contributed by atoms with Crippen LogP contribution in [0.3, 0.4) is 0 Å². The summed E-state index contributed by atoms with van der Waals surface area (Å²) in [5.74, 6) is -0.634. The first-order chi connectivity index (χ1) is 11.2. The van der Waals surface area contributed by atoms with Crippen molar-refractivity contribution < 1.29 is 28.4 Å². The number of aromatic nitrogens is 2. The minimum atomic E-state index is -0.634. The molecular formula is C17H13ClN2O2Pt. The number of nitrogens with zero attached hydrogens (tertiary/aromatic N) is 2. The van der Waals surface area contributed by atoms with Gasteiger partial charge in [-0.3, -0.25) is 0 Å². The van der Waals surface area contributed by atoms with Gasteiger partial charge in [0, 0.05) is 0 Å². The molecule has 0 bridgehead atoms. The van der Waals surface area contributed by atoms with Gasteiger partial charge < -0.3 is 0 Å². The SMILES string of the molecule is C/C=C\C=C(/[CH]=[Pt])C(=CC(=O)OCl)c1ccc2nccnc2c1. The van der Waals surface area contributed by atoms with Crippen LogP contribution in [0.4, 0.5) is 0 Å². The van der Waals surface area contributed by atoms with Crippen LogP contribution in [0.15, 0.2) is 60.5 Å². The summed E-state index contributed by atoms with van der Waals surface area (Å²) in [6.45, 7) is 1.92. The Balaban J connectivity index is 2.61. The van der Waals surface area contributed by atoms with Gasteiger partial charge in [-0.1, -0.05) is 0 Å². The van der Waals surface area contributed by atoms with Crippen molar-refractivity contribution in [2.24, 2.45) is 0 Å². The van der Waals surface area contributed by atoms with Gasteiger partial charge in [-0.2, -0.15) is 0 Å². The average Bonchev–Trinajstić information content (AvgIpc) is 2.60. The fraction of sp³-hybridized carbons (Fsp3) is 0.0588. The van der Waals surface area contributed by atoms with E-state index in [9.17, 15) is 4.79 Å². The van der Waals surface area contributed by atoms with Gasteiger partial charge in [0.2, 0.25) is 0 Å². The predicted molar refractivity (Wildman–Crippen MR) is 88.4 cm³/mol. The second kappa shape index (κ2) is 8.66. The fourth-order valence-electron chi connectivity index (χ4n) is 1.97. The fourth-order valence-corrected chi connectivity index (χ4v) is 2.59. The molecule has 1 aromatic carbocycles. The molecule has 120 valence electrons. The van der Waals surface area contributed by atoms with Gasteiger partial charge in [0.1, 0.15) is 0 Å². The second-order valence-corrected chi connectivity index (χ2v) is 5.26. The molecule has 6 heteroatoms. The van der Waals surface area contributed by atoms with Gasteiger partial charge >= 0.3 is 150 Å². The van der Waals surface area contributed by atoms with Crippen LogP contribution in [0.25, 0.3) is 16.6 Å². The van der Waals surface area contributed by atoms with Crippen molar-refractivity contribution in [2.75, 3.05) is 0 Å². The summed E-state index contributed by atoms with van der Waals surface area (Å²) < 4.78 is 6.14. The van der Waals surface area contributed by atoms with Crippen LogP contribution >= 0.6 is 11.9 Å². The number of carbonyl (C=O) groups excluding carboxylic acids is 1. The third-order valence-electron chi connectivity index (χ3n) is 3.00. The summed E-state index contributed by atoms with van der Waals surface area (Å²) in [5, 5.41) is 0. The Hall–Kier alpha value is -1.90. The molecule has 4 nitrogen and oxygen atoms in total. The van der Waals surface area contributed by atoms with Crippen LogP contribution in [0.5, 0.6) is 0 Å². The zero-order valence-electron chi connectivity index (χ0n) is 12.2. The molecule has 1 aromatic heterocycles. The van der Waals surface area contributed by atoms with E-state index in [1.54, 1.807) is 12.4 Å².